The van der Waals surface area contributed by atoms with Crippen molar-refractivity contribution in [2.75, 3.05) is 6.54 Å². The molecule has 92 valence electrons. The third-order valence-electron chi connectivity index (χ3n) is 2.04. The molecule has 0 aliphatic carbocycles. The van der Waals surface area contributed by atoms with E-state index in [0.717, 1.165) is 0 Å². The number of ketones is 1. The molecule has 0 unspecified atom stereocenters. The maximum absolute atomic E-state index is 13.3. The SMILES string of the molecule is NCCC(=O)c1cc(F)c(C(=O)O)c(F)c1F. The number of halogens is 3. The third-order valence-corrected chi connectivity index (χ3v) is 2.04. The first-order valence-corrected chi connectivity index (χ1v) is 4.54. The molecule has 1 aromatic carbocycles. The van der Waals surface area contributed by atoms with Crippen molar-refractivity contribution in [1.82, 2.24) is 0 Å². The van der Waals surface area contributed by atoms with Gasteiger partial charge in [-0.15, -0.1) is 0 Å². The molecule has 0 saturated heterocycles. The Labute approximate surface area is 93.8 Å². The fraction of sp³-hybridized carbons (Fsp3) is 0.200. The molecule has 0 aliphatic rings. The van der Waals surface area contributed by atoms with E-state index in [1.54, 1.807) is 0 Å². The van der Waals surface area contributed by atoms with Crippen LogP contribution in [0.15, 0.2) is 6.07 Å². The minimum Gasteiger partial charge on any atom is -0.477 e. The van der Waals surface area contributed by atoms with Gasteiger partial charge in [-0.2, -0.15) is 0 Å². The van der Waals surface area contributed by atoms with E-state index >= 15 is 0 Å². The van der Waals surface area contributed by atoms with Gasteiger partial charge >= 0.3 is 5.97 Å². The first-order valence-electron chi connectivity index (χ1n) is 4.54. The Hall–Kier alpha value is -1.89. The van der Waals surface area contributed by atoms with Crippen molar-refractivity contribution in [2.45, 2.75) is 6.42 Å². The van der Waals surface area contributed by atoms with Gasteiger partial charge in [0, 0.05) is 6.42 Å². The van der Waals surface area contributed by atoms with Gasteiger partial charge in [-0.3, -0.25) is 4.79 Å². The number of Topliss-reactive ketones (excluding diaryl/α,β-unsaturated/α-hetero) is 1. The van der Waals surface area contributed by atoms with E-state index in [4.69, 9.17) is 10.8 Å². The number of benzene rings is 1. The lowest BCUT2D eigenvalue weighted by Crippen LogP contribution is -2.14. The van der Waals surface area contributed by atoms with E-state index in [-0.39, 0.29) is 13.0 Å². The average molecular weight is 247 g/mol. The second-order valence-electron chi connectivity index (χ2n) is 3.18. The van der Waals surface area contributed by atoms with Crippen LogP contribution in [0.25, 0.3) is 0 Å². The van der Waals surface area contributed by atoms with Crippen LogP contribution in [-0.2, 0) is 0 Å². The highest BCUT2D eigenvalue weighted by Gasteiger charge is 2.25. The molecule has 0 heterocycles. The molecular formula is C10H8F3NO3. The van der Waals surface area contributed by atoms with Crippen molar-refractivity contribution in [3.63, 3.8) is 0 Å². The van der Waals surface area contributed by atoms with E-state index in [9.17, 15) is 22.8 Å². The van der Waals surface area contributed by atoms with Gasteiger partial charge in [0.2, 0.25) is 0 Å². The Morgan fingerprint density at radius 2 is 1.82 bits per heavy atom. The summed E-state index contributed by atoms with van der Waals surface area (Å²) in [6.45, 7) is -0.109. The zero-order valence-corrected chi connectivity index (χ0v) is 8.47. The van der Waals surface area contributed by atoms with Crippen molar-refractivity contribution in [1.29, 1.82) is 0 Å². The van der Waals surface area contributed by atoms with Crippen LogP contribution in [0.5, 0.6) is 0 Å². The van der Waals surface area contributed by atoms with E-state index < -0.39 is 40.3 Å². The maximum Gasteiger partial charge on any atom is 0.341 e. The molecule has 1 aromatic rings. The predicted octanol–water partition coefficient (Wildman–Crippen LogP) is 1.33. The molecule has 0 aromatic heterocycles. The number of hydrogen-bond acceptors (Lipinski definition) is 3. The highest BCUT2D eigenvalue weighted by atomic mass is 19.2. The second-order valence-corrected chi connectivity index (χ2v) is 3.18. The first-order chi connectivity index (χ1) is 7.90. The lowest BCUT2D eigenvalue weighted by molar-refractivity contribution is 0.0684. The van der Waals surface area contributed by atoms with Crippen LogP contribution in [0.2, 0.25) is 0 Å². The highest BCUT2D eigenvalue weighted by Crippen LogP contribution is 2.21. The number of aromatic carboxylic acids is 1. The number of carboxylic acids is 1. The average Bonchev–Trinajstić information content (AvgIpc) is 2.23. The molecule has 0 amide bonds. The first kappa shape index (κ1) is 13.2. The summed E-state index contributed by atoms with van der Waals surface area (Å²) in [6, 6.07) is 0.361. The standard InChI is InChI=1S/C10H8F3NO3/c11-5-3-4(6(15)1-2-14)8(12)9(13)7(5)10(16)17/h3H,1-2,14H2,(H,16,17). The van der Waals surface area contributed by atoms with E-state index in [1.165, 1.54) is 0 Å². The molecule has 1 rings (SSSR count). The van der Waals surface area contributed by atoms with Crippen LogP contribution in [0, 0.1) is 17.5 Å². The summed E-state index contributed by atoms with van der Waals surface area (Å²) < 4.78 is 39.7. The molecule has 0 aliphatic heterocycles. The lowest BCUT2D eigenvalue weighted by atomic mass is 10.0. The van der Waals surface area contributed by atoms with Crippen molar-refractivity contribution in [2.24, 2.45) is 5.73 Å². The summed E-state index contributed by atoms with van der Waals surface area (Å²) >= 11 is 0. The Morgan fingerprint density at radius 3 is 2.29 bits per heavy atom. The second kappa shape index (κ2) is 4.96. The Morgan fingerprint density at radius 1 is 1.24 bits per heavy atom. The van der Waals surface area contributed by atoms with Gasteiger partial charge in [-0.1, -0.05) is 0 Å². The molecule has 4 nitrogen and oxygen atoms in total. The maximum atomic E-state index is 13.3. The van der Waals surface area contributed by atoms with Gasteiger partial charge in [0.1, 0.15) is 11.4 Å². The number of carbonyl (C=O) groups is 2. The Balaban J connectivity index is 3.39. The Kier molecular flexibility index (Phi) is 3.84. The fourth-order valence-corrected chi connectivity index (χ4v) is 1.26. The molecule has 17 heavy (non-hydrogen) atoms. The van der Waals surface area contributed by atoms with E-state index in [2.05, 4.69) is 0 Å². The molecule has 0 saturated carbocycles. The number of carboxylic acid groups (broad SMARTS) is 1. The van der Waals surface area contributed by atoms with E-state index in [0.29, 0.717) is 6.07 Å². The lowest BCUT2D eigenvalue weighted by Gasteiger charge is -2.06. The van der Waals surface area contributed by atoms with Crippen molar-refractivity contribution < 1.29 is 27.9 Å². The predicted molar refractivity (Wildman–Crippen MR) is 51.3 cm³/mol. The van der Waals surface area contributed by atoms with Gasteiger partial charge in [0.25, 0.3) is 0 Å². The molecule has 0 bridgehead atoms. The largest absolute Gasteiger partial charge is 0.477 e. The number of rotatable bonds is 4. The van der Waals surface area contributed by atoms with Gasteiger partial charge in [0.05, 0.1) is 5.56 Å². The molecule has 0 radical (unpaired) electrons. The van der Waals surface area contributed by atoms with Gasteiger partial charge < -0.3 is 10.8 Å². The molecule has 0 atom stereocenters. The van der Waals surface area contributed by atoms with E-state index in [1.807, 2.05) is 0 Å². The van der Waals surface area contributed by atoms with Crippen molar-refractivity contribution in [3.05, 3.63) is 34.6 Å². The molecule has 0 fully saturated rings. The minimum absolute atomic E-state index is 0.109. The monoisotopic (exact) mass is 247 g/mol. The molecular weight excluding hydrogens is 239 g/mol. The smallest absolute Gasteiger partial charge is 0.341 e. The molecule has 7 heteroatoms. The van der Waals surface area contributed by atoms with Crippen LogP contribution in [0.3, 0.4) is 0 Å². The molecule has 3 N–H and O–H groups in total. The summed E-state index contributed by atoms with van der Waals surface area (Å²) in [6.07, 6.45) is -0.289. The zero-order valence-electron chi connectivity index (χ0n) is 8.47. The summed E-state index contributed by atoms with van der Waals surface area (Å²) in [4.78, 5) is 21.7. The van der Waals surface area contributed by atoms with Crippen LogP contribution >= 0.6 is 0 Å². The topological polar surface area (TPSA) is 80.4 Å². The number of carbonyl (C=O) groups excluding carboxylic acids is 1. The van der Waals surface area contributed by atoms with Crippen LogP contribution in [-0.4, -0.2) is 23.4 Å². The highest BCUT2D eigenvalue weighted by molar-refractivity contribution is 5.98. The van der Waals surface area contributed by atoms with Gasteiger partial charge in [-0.05, 0) is 12.6 Å². The normalized spacial score (nSPS) is 10.4. The molecule has 0 spiro atoms. The number of nitrogens with two attached hydrogens (primary N) is 1. The van der Waals surface area contributed by atoms with Crippen LogP contribution in [0.1, 0.15) is 27.1 Å². The van der Waals surface area contributed by atoms with Crippen LogP contribution in [0.4, 0.5) is 13.2 Å². The minimum atomic E-state index is -1.95. The van der Waals surface area contributed by atoms with Gasteiger partial charge in [-0.25, -0.2) is 18.0 Å². The van der Waals surface area contributed by atoms with Crippen molar-refractivity contribution in [3.8, 4) is 0 Å². The summed E-state index contributed by atoms with van der Waals surface area (Å²) in [5.41, 5.74) is 2.78. The zero-order chi connectivity index (χ0) is 13.2. The Bertz CT molecular complexity index is 488. The summed E-state index contributed by atoms with van der Waals surface area (Å²) in [5.74, 6) is -7.91. The fourth-order valence-electron chi connectivity index (χ4n) is 1.26. The third kappa shape index (κ3) is 2.44. The van der Waals surface area contributed by atoms with Gasteiger partial charge in [0.15, 0.2) is 17.4 Å². The van der Waals surface area contributed by atoms with Crippen molar-refractivity contribution >= 4 is 11.8 Å². The summed E-state index contributed by atoms with van der Waals surface area (Å²) in [7, 11) is 0. The quantitative estimate of drug-likeness (QED) is 0.621. The van der Waals surface area contributed by atoms with Crippen LogP contribution < -0.4 is 5.73 Å². The summed E-state index contributed by atoms with van der Waals surface area (Å²) in [5, 5.41) is 8.45. The number of hydrogen-bond donors (Lipinski definition) is 2.